The molecule has 1 N–H and O–H groups in total. The van der Waals surface area contributed by atoms with Crippen LogP contribution in [0, 0.1) is 0 Å². The molecule has 0 aromatic heterocycles. The van der Waals surface area contributed by atoms with Crippen LogP contribution in [0.3, 0.4) is 0 Å². The van der Waals surface area contributed by atoms with Crippen molar-refractivity contribution in [2.24, 2.45) is 0 Å². The van der Waals surface area contributed by atoms with Gasteiger partial charge >= 0.3 is 0 Å². The molecule has 1 amide bonds. The molecule has 0 saturated carbocycles. The van der Waals surface area contributed by atoms with E-state index in [1.54, 1.807) is 25.3 Å². The van der Waals surface area contributed by atoms with Gasteiger partial charge in [0.15, 0.2) is 23.0 Å². The Hall–Kier alpha value is -3.32. The van der Waals surface area contributed by atoms with E-state index in [2.05, 4.69) is 0 Å². The van der Waals surface area contributed by atoms with Crippen LogP contribution < -0.4 is 9.47 Å². The van der Waals surface area contributed by atoms with Crippen molar-refractivity contribution in [3.05, 3.63) is 71.0 Å². The summed E-state index contributed by atoms with van der Waals surface area (Å²) in [6.45, 7) is 0.765. The van der Waals surface area contributed by atoms with Crippen LogP contribution in [0.25, 0.3) is 0 Å². The van der Waals surface area contributed by atoms with E-state index >= 15 is 0 Å². The van der Waals surface area contributed by atoms with Crippen molar-refractivity contribution < 1.29 is 28.9 Å². The van der Waals surface area contributed by atoms with E-state index in [0.717, 1.165) is 5.56 Å². The Morgan fingerprint density at radius 1 is 1.03 bits per heavy atom. The number of aliphatic hydroxyl groups excluding tert-OH is 1. The van der Waals surface area contributed by atoms with E-state index in [0.29, 0.717) is 43.1 Å². The van der Waals surface area contributed by atoms with E-state index in [-0.39, 0.29) is 17.8 Å². The van der Waals surface area contributed by atoms with Gasteiger partial charge in [0.2, 0.25) is 0 Å². The lowest BCUT2D eigenvalue weighted by atomic mass is 9.92. The van der Waals surface area contributed by atoms with E-state index in [1.165, 1.54) is 19.1 Å². The summed E-state index contributed by atoms with van der Waals surface area (Å²) in [6.07, 6.45) is 1.24. The number of methoxy groups -OCH3 is 3. The number of hydrogen-bond acceptors (Lipinski definition) is 6. The molecule has 0 spiro atoms. The highest BCUT2D eigenvalue weighted by molar-refractivity contribution is 6.09. The molecular formula is C25H29NO6. The van der Waals surface area contributed by atoms with E-state index in [4.69, 9.17) is 14.2 Å². The molecule has 170 valence electrons. The van der Waals surface area contributed by atoms with Gasteiger partial charge < -0.3 is 24.2 Å². The van der Waals surface area contributed by atoms with Gasteiger partial charge in [0.1, 0.15) is 0 Å². The number of benzene rings is 2. The Bertz CT molecular complexity index is 985. The first-order valence-electron chi connectivity index (χ1n) is 10.5. The number of carbonyl (C=O) groups is 2. The van der Waals surface area contributed by atoms with Crippen LogP contribution in [0.2, 0.25) is 0 Å². The Morgan fingerprint density at radius 3 is 2.44 bits per heavy atom. The summed E-state index contributed by atoms with van der Waals surface area (Å²) in [7, 11) is 4.62. The molecule has 0 fully saturated rings. The topological polar surface area (TPSA) is 85.3 Å². The maximum absolute atomic E-state index is 13.3. The van der Waals surface area contributed by atoms with Gasteiger partial charge in [-0.25, -0.2) is 0 Å². The van der Waals surface area contributed by atoms with Gasteiger partial charge in [-0.15, -0.1) is 0 Å². The first-order chi connectivity index (χ1) is 15.5. The van der Waals surface area contributed by atoms with Crippen LogP contribution in [-0.2, 0) is 20.7 Å². The molecular weight excluding hydrogens is 410 g/mol. The van der Waals surface area contributed by atoms with Gasteiger partial charge in [-0.2, -0.15) is 0 Å². The molecule has 1 aliphatic rings. The average Bonchev–Trinajstić information content (AvgIpc) is 3.07. The van der Waals surface area contributed by atoms with Gasteiger partial charge in [0, 0.05) is 32.2 Å². The van der Waals surface area contributed by atoms with Gasteiger partial charge in [-0.1, -0.05) is 42.5 Å². The first-order valence-corrected chi connectivity index (χ1v) is 10.5. The van der Waals surface area contributed by atoms with Crippen molar-refractivity contribution in [3.8, 4) is 11.5 Å². The van der Waals surface area contributed by atoms with Crippen LogP contribution in [0.5, 0.6) is 11.5 Å². The molecule has 1 unspecified atom stereocenters. The zero-order valence-corrected chi connectivity index (χ0v) is 18.7. The quantitative estimate of drug-likeness (QED) is 0.538. The minimum atomic E-state index is -0.771. The number of aliphatic hydroxyl groups is 1. The Balaban J connectivity index is 1.99. The summed E-state index contributed by atoms with van der Waals surface area (Å²) in [5, 5.41) is 10.7. The van der Waals surface area contributed by atoms with E-state index in [9.17, 15) is 14.7 Å². The molecule has 1 atom stereocenters. The number of ether oxygens (including phenoxy) is 3. The smallest absolute Gasteiger partial charge is 0.290 e. The first kappa shape index (κ1) is 23.3. The molecule has 2 aromatic rings. The summed E-state index contributed by atoms with van der Waals surface area (Å²) in [5.74, 6) is -0.442. The zero-order chi connectivity index (χ0) is 23.1. The number of carbonyl (C=O) groups excluding carboxylic acids is 2. The Labute approximate surface area is 188 Å². The predicted molar refractivity (Wildman–Crippen MR) is 120 cm³/mol. The third-order valence-corrected chi connectivity index (χ3v) is 5.56. The molecule has 3 rings (SSSR count). The summed E-state index contributed by atoms with van der Waals surface area (Å²) < 4.78 is 16.1. The second-order valence-electron chi connectivity index (χ2n) is 7.50. The van der Waals surface area contributed by atoms with Crippen molar-refractivity contribution in [2.75, 3.05) is 34.5 Å². The second-order valence-corrected chi connectivity index (χ2v) is 7.50. The minimum absolute atomic E-state index is 0.0925. The molecule has 7 heteroatoms. The second kappa shape index (κ2) is 10.8. The highest BCUT2D eigenvalue weighted by Gasteiger charge is 2.44. The van der Waals surface area contributed by atoms with Gasteiger partial charge in [-0.3, -0.25) is 9.59 Å². The number of hydrogen-bond donors (Lipinski definition) is 1. The van der Waals surface area contributed by atoms with Crippen LogP contribution in [0.1, 0.15) is 30.0 Å². The van der Waals surface area contributed by atoms with Crippen LogP contribution in [0.15, 0.2) is 59.9 Å². The molecule has 0 aliphatic carbocycles. The fourth-order valence-corrected chi connectivity index (χ4v) is 4.04. The monoisotopic (exact) mass is 439 g/mol. The fraction of sp³-hybridized carbons (Fsp3) is 0.360. The number of aryl methyl sites for hydroxylation is 1. The molecule has 0 saturated heterocycles. The number of Topliss-reactive ketones (excluding diaryl/α,β-unsaturated/α-hetero) is 1. The number of amides is 1. The van der Waals surface area contributed by atoms with Crippen molar-refractivity contribution >= 4 is 11.7 Å². The van der Waals surface area contributed by atoms with Crippen LogP contribution in [-0.4, -0.2) is 56.2 Å². The molecule has 1 aliphatic heterocycles. The fourth-order valence-electron chi connectivity index (χ4n) is 4.04. The molecule has 0 radical (unpaired) electrons. The lowest BCUT2D eigenvalue weighted by Crippen LogP contribution is -2.33. The van der Waals surface area contributed by atoms with Crippen molar-refractivity contribution in [2.45, 2.75) is 25.3 Å². The van der Waals surface area contributed by atoms with Crippen molar-refractivity contribution in [1.29, 1.82) is 0 Å². The molecule has 0 bridgehead atoms. The van der Waals surface area contributed by atoms with Gasteiger partial charge in [0.05, 0.1) is 25.8 Å². The highest BCUT2D eigenvalue weighted by atomic mass is 16.5. The molecule has 1 heterocycles. The number of rotatable bonds is 11. The maximum Gasteiger partial charge on any atom is 0.290 e. The lowest BCUT2D eigenvalue weighted by Gasteiger charge is -2.28. The van der Waals surface area contributed by atoms with Crippen molar-refractivity contribution in [1.82, 2.24) is 4.90 Å². The van der Waals surface area contributed by atoms with E-state index < -0.39 is 17.7 Å². The van der Waals surface area contributed by atoms with Crippen LogP contribution in [0.4, 0.5) is 0 Å². The Kier molecular flexibility index (Phi) is 7.89. The molecule has 7 nitrogen and oxygen atoms in total. The number of ketones is 1. The van der Waals surface area contributed by atoms with Crippen molar-refractivity contribution in [3.63, 3.8) is 0 Å². The number of nitrogens with zero attached hydrogens (tertiary/aromatic N) is 1. The zero-order valence-electron chi connectivity index (χ0n) is 18.7. The summed E-state index contributed by atoms with van der Waals surface area (Å²) >= 11 is 0. The minimum Gasteiger partial charge on any atom is -0.503 e. The summed E-state index contributed by atoms with van der Waals surface area (Å²) in [4.78, 5) is 27.8. The third kappa shape index (κ3) is 4.78. The summed E-state index contributed by atoms with van der Waals surface area (Å²) in [5.41, 5.74) is 1.69. The lowest BCUT2D eigenvalue weighted by molar-refractivity contribution is -0.129. The predicted octanol–water partition coefficient (Wildman–Crippen LogP) is 3.64. The van der Waals surface area contributed by atoms with Gasteiger partial charge in [0.25, 0.3) is 5.91 Å². The largest absolute Gasteiger partial charge is 0.503 e. The Morgan fingerprint density at radius 2 is 1.78 bits per heavy atom. The normalized spacial score (nSPS) is 15.9. The standard InChI is InChI=1S/C25H29NO6/c1-30-16-8-15-26-22(18-11-7-12-20(31-2)24(18)32-3)21(23(28)25(26)29)19(27)14-13-17-9-5-4-6-10-17/h4-7,9-12,22,28H,8,13-16H2,1-3H3. The number of para-hydroxylation sites is 1. The highest BCUT2D eigenvalue weighted by Crippen LogP contribution is 2.44. The van der Waals surface area contributed by atoms with Crippen LogP contribution >= 0.6 is 0 Å². The molecule has 2 aromatic carbocycles. The third-order valence-electron chi connectivity index (χ3n) is 5.56. The molecule has 32 heavy (non-hydrogen) atoms. The SMILES string of the molecule is COCCCN1C(=O)C(O)=C(C(=O)CCc2ccccc2)C1c1cccc(OC)c1OC. The summed E-state index contributed by atoms with van der Waals surface area (Å²) in [6, 6.07) is 14.2. The maximum atomic E-state index is 13.3. The average molecular weight is 440 g/mol. The van der Waals surface area contributed by atoms with E-state index in [1.807, 2.05) is 30.3 Å². The van der Waals surface area contributed by atoms with Gasteiger partial charge in [-0.05, 0) is 24.5 Å².